The van der Waals surface area contributed by atoms with Gasteiger partial charge in [0.15, 0.2) is 5.78 Å². The molecule has 0 heterocycles. The zero-order valence-electron chi connectivity index (χ0n) is 22.9. The second kappa shape index (κ2) is 11.5. The van der Waals surface area contributed by atoms with Gasteiger partial charge in [-0.3, -0.25) is 14.4 Å². The number of carbonyl (C=O) groups is 3. The van der Waals surface area contributed by atoms with Gasteiger partial charge in [-0.2, -0.15) is 0 Å². The highest BCUT2D eigenvalue weighted by molar-refractivity contribution is 6.07. The Labute approximate surface area is 214 Å². The number of hydrogen-bond acceptors (Lipinski definition) is 6. The summed E-state index contributed by atoms with van der Waals surface area (Å²) >= 11 is 0. The van der Waals surface area contributed by atoms with Crippen molar-refractivity contribution in [3.05, 3.63) is 58.7 Å². The van der Waals surface area contributed by atoms with E-state index in [4.69, 9.17) is 14.2 Å². The lowest BCUT2D eigenvalue weighted by Crippen LogP contribution is -2.26. The number of aryl methyl sites for hydroxylation is 1. The van der Waals surface area contributed by atoms with Crippen molar-refractivity contribution >= 4 is 23.8 Å². The Bertz CT molecular complexity index is 1140. The van der Waals surface area contributed by atoms with E-state index in [0.29, 0.717) is 35.0 Å². The molecule has 2 aromatic carbocycles. The second-order valence-corrected chi connectivity index (χ2v) is 10.9. The molecule has 0 unspecified atom stereocenters. The summed E-state index contributed by atoms with van der Waals surface area (Å²) in [6.07, 6.45) is 3.99. The number of ketones is 1. The van der Waals surface area contributed by atoms with Gasteiger partial charge in [0.2, 0.25) is 0 Å². The summed E-state index contributed by atoms with van der Waals surface area (Å²) in [5, 5.41) is 0. The molecule has 6 heteroatoms. The van der Waals surface area contributed by atoms with Crippen molar-refractivity contribution < 1.29 is 28.6 Å². The zero-order chi connectivity index (χ0) is 27.3. The monoisotopic (exact) mass is 494 g/mol. The first kappa shape index (κ1) is 28.8. The SMILES string of the molecule is CCCOc1c(C=CC(=O)c2ccc(OC(=O)C(C)(C)C)cc2)cc(C)c(OC(=O)C(C)(C)C)c1C. The van der Waals surface area contributed by atoms with Crippen molar-refractivity contribution in [2.24, 2.45) is 10.8 Å². The molecule has 0 saturated heterocycles. The van der Waals surface area contributed by atoms with Crippen LogP contribution in [-0.4, -0.2) is 24.3 Å². The second-order valence-electron chi connectivity index (χ2n) is 10.9. The number of benzene rings is 2. The van der Waals surface area contributed by atoms with Gasteiger partial charge < -0.3 is 14.2 Å². The third kappa shape index (κ3) is 7.54. The largest absolute Gasteiger partial charge is 0.493 e. The number of allylic oxidation sites excluding steroid dienone is 1. The summed E-state index contributed by atoms with van der Waals surface area (Å²) < 4.78 is 17.1. The van der Waals surface area contributed by atoms with Gasteiger partial charge in [0, 0.05) is 16.7 Å². The molecule has 194 valence electrons. The Morgan fingerprint density at radius 3 is 1.92 bits per heavy atom. The number of ether oxygens (including phenoxy) is 3. The fourth-order valence-electron chi connectivity index (χ4n) is 3.11. The molecule has 0 radical (unpaired) electrons. The Morgan fingerprint density at radius 2 is 1.39 bits per heavy atom. The van der Waals surface area contributed by atoms with E-state index in [1.54, 1.807) is 71.9 Å². The van der Waals surface area contributed by atoms with E-state index in [1.165, 1.54) is 6.08 Å². The van der Waals surface area contributed by atoms with Crippen LogP contribution in [0, 0.1) is 24.7 Å². The van der Waals surface area contributed by atoms with Crippen LogP contribution >= 0.6 is 0 Å². The lowest BCUT2D eigenvalue weighted by molar-refractivity contribution is -0.143. The molecule has 0 saturated carbocycles. The molecule has 0 aromatic heterocycles. The highest BCUT2D eigenvalue weighted by atomic mass is 16.5. The summed E-state index contributed by atoms with van der Waals surface area (Å²) in [7, 11) is 0. The minimum Gasteiger partial charge on any atom is -0.493 e. The number of esters is 2. The standard InChI is InChI=1S/C30H38O6/c1-10-17-34-26-20(3)25(36-28(33)30(7,8)9)19(2)18-22(26)13-16-24(31)21-11-14-23(15-12-21)35-27(32)29(4,5)6/h11-16,18H,10,17H2,1-9H3. The Morgan fingerprint density at radius 1 is 0.833 bits per heavy atom. The molecule has 2 rings (SSSR count). The van der Waals surface area contributed by atoms with Gasteiger partial charge in [-0.05, 0) is 110 Å². The summed E-state index contributed by atoms with van der Waals surface area (Å²) in [4.78, 5) is 37.4. The van der Waals surface area contributed by atoms with Gasteiger partial charge >= 0.3 is 11.9 Å². The molecule has 0 spiro atoms. The van der Waals surface area contributed by atoms with Crippen LogP contribution in [0.3, 0.4) is 0 Å². The zero-order valence-corrected chi connectivity index (χ0v) is 22.9. The fraction of sp³-hybridized carbons (Fsp3) is 0.433. The first-order valence-electron chi connectivity index (χ1n) is 12.2. The highest BCUT2D eigenvalue weighted by Gasteiger charge is 2.26. The maximum atomic E-state index is 12.8. The highest BCUT2D eigenvalue weighted by Crippen LogP contribution is 2.37. The lowest BCUT2D eigenvalue weighted by Gasteiger charge is -2.21. The molecule has 0 amide bonds. The summed E-state index contributed by atoms with van der Waals surface area (Å²) in [5.74, 6) is 0.562. The van der Waals surface area contributed by atoms with Crippen molar-refractivity contribution in [1.82, 2.24) is 0 Å². The molecular weight excluding hydrogens is 456 g/mol. The van der Waals surface area contributed by atoms with E-state index in [-0.39, 0.29) is 17.7 Å². The van der Waals surface area contributed by atoms with Crippen LogP contribution < -0.4 is 14.2 Å². The van der Waals surface area contributed by atoms with Crippen LogP contribution in [-0.2, 0) is 9.59 Å². The van der Waals surface area contributed by atoms with Crippen molar-refractivity contribution in [3.8, 4) is 17.2 Å². The molecular formula is C30H38O6. The summed E-state index contributed by atoms with van der Waals surface area (Å²) in [6.45, 7) is 16.9. The maximum Gasteiger partial charge on any atom is 0.316 e. The first-order chi connectivity index (χ1) is 16.6. The van der Waals surface area contributed by atoms with Gasteiger partial charge in [0.1, 0.15) is 17.2 Å². The van der Waals surface area contributed by atoms with E-state index in [2.05, 4.69) is 0 Å². The summed E-state index contributed by atoms with van der Waals surface area (Å²) in [5.41, 5.74) is 1.39. The molecule has 0 atom stereocenters. The van der Waals surface area contributed by atoms with Crippen LogP contribution in [0.25, 0.3) is 6.08 Å². The Balaban J connectivity index is 2.31. The Hall–Kier alpha value is -3.41. The van der Waals surface area contributed by atoms with Gasteiger partial charge in [0.05, 0.1) is 17.4 Å². The third-order valence-corrected chi connectivity index (χ3v) is 5.31. The predicted molar refractivity (Wildman–Crippen MR) is 142 cm³/mol. The summed E-state index contributed by atoms with van der Waals surface area (Å²) in [6, 6.07) is 8.30. The van der Waals surface area contributed by atoms with Crippen LogP contribution in [0.1, 0.15) is 81.9 Å². The average molecular weight is 495 g/mol. The molecule has 0 fully saturated rings. The molecule has 0 bridgehead atoms. The third-order valence-electron chi connectivity index (χ3n) is 5.31. The van der Waals surface area contributed by atoms with Crippen molar-refractivity contribution in [2.45, 2.75) is 68.7 Å². The quantitative estimate of drug-likeness (QED) is 0.172. The molecule has 0 aliphatic carbocycles. The lowest BCUT2D eigenvalue weighted by atomic mass is 9.97. The van der Waals surface area contributed by atoms with Gasteiger partial charge in [-0.1, -0.05) is 6.92 Å². The van der Waals surface area contributed by atoms with E-state index in [9.17, 15) is 14.4 Å². The molecule has 0 aliphatic rings. The van der Waals surface area contributed by atoms with Crippen molar-refractivity contribution in [1.29, 1.82) is 0 Å². The maximum absolute atomic E-state index is 12.8. The molecule has 6 nitrogen and oxygen atoms in total. The van der Waals surface area contributed by atoms with Gasteiger partial charge in [-0.15, -0.1) is 0 Å². The van der Waals surface area contributed by atoms with Crippen LogP contribution in [0.2, 0.25) is 0 Å². The molecule has 2 aromatic rings. The molecule has 0 aliphatic heterocycles. The van der Waals surface area contributed by atoms with Gasteiger partial charge in [-0.25, -0.2) is 0 Å². The fourth-order valence-corrected chi connectivity index (χ4v) is 3.11. The van der Waals surface area contributed by atoms with Crippen LogP contribution in [0.4, 0.5) is 0 Å². The van der Waals surface area contributed by atoms with Gasteiger partial charge in [0.25, 0.3) is 0 Å². The number of rotatable bonds is 8. The molecule has 36 heavy (non-hydrogen) atoms. The smallest absolute Gasteiger partial charge is 0.316 e. The van der Waals surface area contributed by atoms with Crippen LogP contribution in [0.5, 0.6) is 17.2 Å². The average Bonchev–Trinajstić information content (AvgIpc) is 2.78. The molecule has 0 N–H and O–H groups in total. The number of carbonyl (C=O) groups excluding carboxylic acids is 3. The first-order valence-corrected chi connectivity index (χ1v) is 12.2. The van der Waals surface area contributed by atoms with E-state index in [1.807, 2.05) is 26.8 Å². The normalized spacial score (nSPS) is 11.9. The minimum atomic E-state index is -0.644. The van der Waals surface area contributed by atoms with Crippen molar-refractivity contribution in [2.75, 3.05) is 6.61 Å². The van der Waals surface area contributed by atoms with Crippen LogP contribution in [0.15, 0.2) is 36.4 Å². The van der Waals surface area contributed by atoms with E-state index >= 15 is 0 Å². The van der Waals surface area contributed by atoms with Crippen molar-refractivity contribution in [3.63, 3.8) is 0 Å². The Kier molecular flexibility index (Phi) is 9.25. The minimum absolute atomic E-state index is 0.205. The van der Waals surface area contributed by atoms with E-state index in [0.717, 1.165) is 17.5 Å². The topological polar surface area (TPSA) is 78.9 Å². The number of hydrogen-bond donors (Lipinski definition) is 0. The van der Waals surface area contributed by atoms with E-state index < -0.39 is 10.8 Å². The predicted octanol–water partition coefficient (Wildman–Crippen LogP) is 6.89.